The van der Waals surface area contributed by atoms with E-state index in [4.69, 9.17) is 0 Å². The van der Waals surface area contributed by atoms with E-state index in [2.05, 4.69) is 31.0 Å². The van der Waals surface area contributed by atoms with Crippen LogP contribution in [0.5, 0.6) is 0 Å². The fourth-order valence-electron chi connectivity index (χ4n) is 4.98. The molecule has 1 N–H and O–H groups in total. The Morgan fingerprint density at radius 3 is 2.22 bits per heavy atom. The lowest BCUT2D eigenvalue weighted by atomic mass is 9.86. The van der Waals surface area contributed by atoms with Gasteiger partial charge in [0.25, 0.3) is 5.91 Å². The van der Waals surface area contributed by atoms with Crippen LogP contribution in [0.15, 0.2) is 0 Å². The zero-order chi connectivity index (χ0) is 19.3. The van der Waals surface area contributed by atoms with Gasteiger partial charge in [-0.25, -0.2) is 4.79 Å². The van der Waals surface area contributed by atoms with E-state index < -0.39 is 5.54 Å². The molecule has 1 spiro atoms. The van der Waals surface area contributed by atoms with Gasteiger partial charge in [-0.15, -0.1) is 0 Å². The van der Waals surface area contributed by atoms with Gasteiger partial charge in [0.2, 0.25) is 5.91 Å². The normalized spacial score (nSPS) is 31.7. The molecule has 4 rings (SSSR count). The quantitative estimate of drug-likeness (QED) is 0.757. The third kappa shape index (κ3) is 3.24. The number of piperidine rings is 2. The first kappa shape index (κ1) is 18.7. The SMILES string of the molecule is CC(C)N1CCC2(CC1)NC(=O)N(C1CCN(C(=O)[C@@H]3C[C@@H]3C)CC1)C2=O. The van der Waals surface area contributed by atoms with Gasteiger partial charge in [0.05, 0.1) is 0 Å². The summed E-state index contributed by atoms with van der Waals surface area (Å²) in [5, 5.41) is 3.02. The predicted molar refractivity (Wildman–Crippen MR) is 101 cm³/mol. The molecule has 4 aliphatic rings. The molecule has 3 saturated heterocycles. The topological polar surface area (TPSA) is 73.0 Å². The molecular weight excluding hydrogens is 344 g/mol. The van der Waals surface area contributed by atoms with Gasteiger partial charge in [0, 0.05) is 44.2 Å². The summed E-state index contributed by atoms with van der Waals surface area (Å²) in [6, 6.07) is 0.140. The number of carbonyl (C=O) groups excluding carboxylic acids is 3. The first-order valence-corrected chi connectivity index (χ1v) is 10.5. The van der Waals surface area contributed by atoms with Crippen molar-refractivity contribution in [1.82, 2.24) is 20.0 Å². The third-order valence-corrected chi connectivity index (χ3v) is 7.14. The molecule has 3 aliphatic heterocycles. The Morgan fingerprint density at radius 2 is 1.70 bits per heavy atom. The first-order valence-electron chi connectivity index (χ1n) is 10.5. The van der Waals surface area contributed by atoms with Crippen LogP contribution in [-0.4, -0.2) is 76.3 Å². The molecule has 4 fully saturated rings. The molecule has 4 amide bonds. The van der Waals surface area contributed by atoms with Gasteiger partial charge in [-0.3, -0.25) is 14.5 Å². The summed E-state index contributed by atoms with van der Waals surface area (Å²) in [5.74, 6) is 0.928. The van der Waals surface area contributed by atoms with Crippen LogP contribution in [0.2, 0.25) is 0 Å². The Balaban J connectivity index is 1.37. The Bertz CT molecular complexity index is 633. The molecule has 7 nitrogen and oxygen atoms in total. The zero-order valence-corrected chi connectivity index (χ0v) is 16.7. The molecule has 150 valence electrons. The van der Waals surface area contributed by atoms with Gasteiger partial charge in [-0.05, 0) is 51.9 Å². The smallest absolute Gasteiger partial charge is 0.325 e. The molecule has 27 heavy (non-hydrogen) atoms. The maximum absolute atomic E-state index is 13.2. The van der Waals surface area contributed by atoms with Crippen molar-refractivity contribution in [3.05, 3.63) is 0 Å². The zero-order valence-electron chi connectivity index (χ0n) is 16.7. The Hall–Kier alpha value is -1.63. The molecule has 0 aromatic rings. The van der Waals surface area contributed by atoms with Crippen LogP contribution in [-0.2, 0) is 9.59 Å². The van der Waals surface area contributed by atoms with E-state index >= 15 is 0 Å². The second-order valence-electron chi connectivity index (χ2n) is 9.19. The number of nitrogens with zero attached hydrogens (tertiary/aromatic N) is 3. The summed E-state index contributed by atoms with van der Waals surface area (Å²) in [7, 11) is 0. The van der Waals surface area contributed by atoms with Crippen LogP contribution in [0.1, 0.15) is 52.9 Å². The lowest BCUT2D eigenvalue weighted by Gasteiger charge is -2.40. The summed E-state index contributed by atoms with van der Waals surface area (Å²) < 4.78 is 0. The summed E-state index contributed by atoms with van der Waals surface area (Å²) in [6.45, 7) is 9.42. The van der Waals surface area contributed by atoms with Crippen molar-refractivity contribution in [3.8, 4) is 0 Å². The highest BCUT2D eigenvalue weighted by atomic mass is 16.2. The monoisotopic (exact) mass is 376 g/mol. The van der Waals surface area contributed by atoms with Crippen LogP contribution in [0.3, 0.4) is 0 Å². The average molecular weight is 377 g/mol. The molecule has 0 aromatic carbocycles. The maximum atomic E-state index is 13.2. The van der Waals surface area contributed by atoms with Gasteiger partial charge in [-0.1, -0.05) is 6.92 Å². The number of rotatable bonds is 3. The predicted octanol–water partition coefficient (Wildman–Crippen LogP) is 1.43. The van der Waals surface area contributed by atoms with Crippen LogP contribution >= 0.6 is 0 Å². The number of hydrogen-bond donors (Lipinski definition) is 1. The molecular formula is C20H32N4O3. The molecule has 0 aromatic heterocycles. The summed E-state index contributed by atoms with van der Waals surface area (Å²) in [5.41, 5.74) is -0.709. The molecule has 3 heterocycles. The Morgan fingerprint density at radius 1 is 1.11 bits per heavy atom. The van der Waals surface area contributed by atoms with Gasteiger partial charge >= 0.3 is 6.03 Å². The van der Waals surface area contributed by atoms with Gasteiger partial charge in [0.1, 0.15) is 5.54 Å². The molecule has 1 aliphatic carbocycles. The van der Waals surface area contributed by atoms with E-state index in [1.165, 1.54) is 4.90 Å². The van der Waals surface area contributed by atoms with E-state index in [-0.39, 0.29) is 29.8 Å². The van der Waals surface area contributed by atoms with Crippen molar-refractivity contribution in [2.75, 3.05) is 26.2 Å². The van der Waals surface area contributed by atoms with Gasteiger partial charge in [-0.2, -0.15) is 0 Å². The van der Waals surface area contributed by atoms with Crippen LogP contribution in [0, 0.1) is 11.8 Å². The minimum absolute atomic E-state index is 0.0449. The molecule has 7 heteroatoms. The van der Waals surface area contributed by atoms with Crippen molar-refractivity contribution in [1.29, 1.82) is 0 Å². The highest BCUT2D eigenvalue weighted by Crippen LogP contribution is 2.40. The number of likely N-dealkylation sites (tertiary alicyclic amines) is 2. The highest BCUT2D eigenvalue weighted by molar-refractivity contribution is 6.07. The van der Waals surface area contributed by atoms with Crippen molar-refractivity contribution in [2.24, 2.45) is 11.8 Å². The summed E-state index contributed by atoms with van der Waals surface area (Å²) >= 11 is 0. The summed E-state index contributed by atoms with van der Waals surface area (Å²) in [4.78, 5) is 44.0. The lowest BCUT2D eigenvalue weighted by molar-refractivity contribution is -0.137. The van der Waals surface area contributed by atoms with Gasteiger partial charge < -0.3 is 15.1 Å². The van der Waals surface area contributed by atoms with Crippen LogP contribution in [0.4, 0.5) is 4.79 Å². The van der Waals surface area contributed by atoms with Crippen molar-refractivity contribution < 1.29 is 14.4 Å². The maximum Gasteiger partial charge on any atom is 0.325 e. The molecule has 0 unspecified atom stereocenters. The van der Waals surface area contributed by atoms with E-state index in [1.54, 1.807) is 0 Å². The number of nitrogens with one attached hydrogen (secondary N) is 1. The molecule has 2 atom stereocenters. The number of amides is 4. The van der Waals surface area contributed by atoms with E-state index in [1.807, 2.05) is 4.90 Å². The largest absolute Gasteiger partial charge is 0.342 e. The Labute approximate surface area is 161 Å². The van der Waals surface area contributed by atoms with Crippen molar-refractivity contribution >= 4 is 17.8 Å². The van der Waals surface area contributed by atoms with Crippen LogP contribution in [0.25, 0.3) is 0 Å². The fourth-order valence-corrected chi connectivity index (χ4v) is 4.98. The second kappa shape index (κ2) is 6.76. The minimum Gasteiger partial charge on any atom is -0.342 e. The van der Waals surface area contributed by atoms with E-state index in [9.17, 15) is 14.4 Å². The minimum atomic E-state index is -0.709. The standard InChI is InChI=1S/C20H32N4O3/c1-13(2)22-10-6-20(7-11-22)18(26)24(19(27)21-20)15-4-8-23(9-5-15)17(25)16-12-14(16)3/h13-16H,4-12H2,1-3H3,(H,21,27)/t14-,16+/m0/s1. The van der Waals surface area contributed by atoms with Crippen molar-refractivity contribution in [2.45, 2.75) is 70.5 Å². The molecule has 0 radical (unpaired) electrons. The Kier molecular flexibility index (Phi) is 4.69. The second-order valence-corrected chi connectivity index (χ2v) is 9.19. The average Bonchev–Trinajstić information content (AvgIpc) is 3.33. The lowest BCUT2D eigenvalue weighted by Crippen LogP contribution is -2.56. The fraction of sp³-hybridized carbons (Fsp3) is 0.850. The third-order valence-electron chi connectivity index (χ3n) is 7.14. The van der Waals surface area contributed by atoms with Crippen LogP contribution < -0.4 is 5.32 Å². The molecule has 1 saturated carbocycles. The molecule has 0 bridgehead atoms. The van der Waals surface area contributed by atoms with E-state index in [0.717, 1.165) is 19.5 Å². The van der Waals surface area contributed by atoms with Gasteiger partial charge in [0.15, 0.2) is 0 Å². The highest BCUT2D eigenvalue weighted by Gasteiger charge is 2.54. The van der Waals surface area contributed by atoms with Crippen molar-refractivity contribution in [3.63, 3.8) is 0 Å². The van der Waals surface area contributed by atoms with E-state index in [0.29, 0.717) is 50.7 Å². The number of imide groups is 1. The number of urea groups is 1. The number of carbonyl (C=O) groups is 3. The number of hydrogen-bond acceptors (Lipinski definition) is 4. The summed E-state index contributed by atoms with van der Waals surface area (Å²) in [6.07, 6.45) is 3.76. The first-order chi connectivity index (χ1) is 12.8.